The summed E-state index contributed by atoms with van der Waals surface area (Å²) >= 11 is 1.62. The first-order valence-electron chi connectivity index (χ1n) is 6.92. The number of carbonyl (C=O) groups is 1. The Morgan fingerprint density at radius 3 is 3.05 bits per heavy atom. The number of carbonyl (C=O) groups excluding carboxylic acids is 1. The molecule has 3 aromatic rings. The van der Waals surface area contributed by atoms with Gasteiger partial charge in [0.25, 0.3) is 0 Å². The second kappa shape index (κ2) is 6.10. The molecule has 1 amide bonds. The normalized spacial score (nSPS) is 10.9. The highest BCUT2D eigenvalue weighted by Gasteiger charge is 2.10. The van der Waals surface area contributed by atoms with Crippen LogP contribution in [0.4, 0.5) is 0 Å². The van der Waals surface area contributed by atoms with E-state index in [1.54, 1.807) is 17.5 Å². The van der Waals surface area contributed by atoms with Crippen LogP contribution in [-0.2, 0) is 24.7 Å². The summed E-state index contributed by atoms with van der Waals surface area (Å²) < 4.78 is 2.06. The predicted octanol–water partition coefficient (Wildman–Crippen LogP) is 2.54. The SMILES string of the molecule is Cn1cc(CC(=O)NCCc2nccs2)c2ccccc21. The fraction of sp³-hybridized carbons (Fsp3) is 0.250. The highest BCUT2D eigenvalue weighted by atomic mass is 32.1. The molecule has 0 bridgehead atoms. The molecule has 0 saturated heterocycles. The van der Waals surface area contributed by atoms with Gasteiger partial charge in [-0.05, 0) is 11.6 Å². The minimum Gasteiger partial charge on any atom is -0.355 e. The molecule has 0 aliphatic heterocycles. The molecule has 0 aliphatic carbocycles. The first-order chi connectivity index (χ1) is 10.2. The molecule has 0 aliphatic rings. The monoisotopic (exact) mass is 299 g/mol. The van der Waals surface area contributed by atoms with Crippen LogP contribution < -0.4 is 5.32 Å². The van der Waals surface area contributed by atoms with Crippen molar-refractivity contribution in [2.45, 2.75) is 12.8 Å². The molecule has 3 rings (SSSR count). The molecule has 1 aromatic carbocycles. The molecule has 21 heavy (non-hydrogen) atoms. The zero-order valence-corrected chi connectivity index (χ0v) is 12.7. The van der Waals surface area contributed by atoms with Crippen LogP contribution in [0.15, 0.2) is 42.0 Å². The van der Waals surface area contributed by atoms with Crippen molar-refractivity contribution < 1.29 is 4.79 Å². The van der Waals surface area contributed by atoms with E-state index < -0.39 is 0 Å². The molecule has 2 aromatic heterocycles. The Balaban J connectivity index is 1.61. The smallest absolute Gasteiger partial charge is 0.224 e. The van der Waals surface area contributed by atoms with Crippen molar-refractivity contribution in [2.75, 3.05) is 6.54 Å². The highest BCUT2D eigenvalue weighted by Crippen LogP contribution is 2.20. The Bertz CT molecular complexity index is 746. The largest absolute Gasteiger partial charge is 0.355 e. The van der Waals surface area contributed by atoms with E-state index in [0.29, 0.717) is 13.0 Å². The third-order valence-corrected chi connectivity index (χ3v) is 4.31. The van der Waals surface area contributed by atoms with Crippen LogP contribution in [0, 0.1) is 0 Å². The molecule has 0 radical (unpaired) electrons. The first-order valence-corrected chi connectivity index (χ1v) is 7.80. The van der Waals surface area contributed by atoms with Crippen LogP contribution in [0.2, 0.25) is 0 Å². The van der Waals surface area contributed by atoms with Crippen LogP contribution in [0.3, 0.4) is 0 Å². The van der Waals surface area contributed by atoms with E-state index in [0.717, 1.165) is 27.9 Å². The Kier molecular flexibility index (Phi) is 4.01. The van der Waals surface area contributed by atoms with E-state index in [1.165, 1.54) is 0 Å². The second-order valence-electron chi connectivity index (χ2n) is 4.98. The molecule has 0 saturated carbocycles. The van der Waals surface area contributed by atoms with Crippen molar-refractivity contribution in [3.8, 4) is 0 Å². The zero-order chi connectivity index (χ0) is 14.7. The third-order valence-electron chi connectivity index (χ3n) is 3.47. The number of fused-ring (bicyclic) bond motifs is 1. The van der Waals surface area contributed by atoms with E-state index in [-0.39, 0.29) is 5.91 Å². The van der Waals surface area contributed by atoms with E-state index in [2.05, 4.69) is 27.0 Å². The van der Waals surface area contributed by atoms with Crippen LogP contribution >= 0.6 is 11.3 Å². The van der Waals surface area contributed by atoms with Crippen LogP contribution in [0.1, 0.15) is 10.6 Å². The summed E-state index contributed by atoms with van der Waals surface area (Å²) in [6.07, 6.45) is 5.03. The van der Waals surface area contributed by atoms with Gasteiger partial charge < -0.3 is 9.88 Å². The van der Waals surface area contributed by atoms with Crippen LogP contribution in [-0.4, -0.2) is 22.0 Å². The van der Waals surface area contributed by atoms with Gasteiger partial charge in [-0.2, -0.15) is 0 Å². The summed E-state index contributed by atoms with van der Waals surface area (Å²) in [6, 6.07) is 8.15. The lowest BCUT2D eigenvalue weighted by atomic mass is 10.1. The minimum atomic E-state index is 0.0582. The highest BCUT2D eigenvalue weighted by molar-refractivity contribution is 7.09. The second-order valence-corrected chi connectivity index (χ2v) is 5.96. The maximum absolute atomic E-state index is 12.1. The lowest BCUT2D eigenvalue weighted by molar-refractivity contribution is -0.120. The number of benzene rings is 1. The number of thiazole rings is 1. The van der Waals surface area contributed by atoms with Crippen molar-refractivity contribution in [3.63, 3.8) is 0 Å². The summed E-state index contributed by atoms with van der Waals surface area (Å²) in [5.74, 6) is 0.0582. The average Bonchev–Trinajstić information content (AvgIpc) is 3.09. The van der Waals surface area contributed by atoms with Crippen molar-refractivity contribution >= 4 is 28.1 Å². The molecule has 0 atom stereocenters. The zero-order valence-electron chi connectivity index (χ0n) is 11.9. The Hall–Kier alpha value is -2.14. The van der Waals surface area contributed by atoms with Gasteiger partial charge in [-0.15, -0.1) is 11.3 Å². The van der Waals surface area contributed by atoms with Gasteiger partial charge >= 0.3 is 0 Å². The number of nitrogens with zero attached hydrogens (tertiary/aromatic N) is 2. The maximum Gasteiger partial charge on any atom is 0.224 e. The number of hydrogen-bond acceptors (Lipinski definition) is 3. The van der Waals surface area contributed by atoms with E-state index in [9.17, 15) is 4.79 Å². The Labute approximate surface area is 127 Å². The molecule has 0 spiro atoms. The number of rotatable bonds is 5. The van der Waals surface area contributed by atoms with Gasteiger partial charge in [-0.25, -0.2) is 4.98 Å². The molecule has 0 unspecified atom stereocenters. The molecule has 1 N–H and O–H groups in total. The fourth-order valence-electron chi connectivity index (χ4n) is 2.49. The Morgan fingerprint density at radius 2 is 2.24 bits per heavy atom. The number of aromatic nitrogens is 2. The number of nitrogens with one attached hydrogen (secondary N) is 1. The summed E-state index contributed by atoms with van der Waals surface area (Å²) in [4.78, 5) is 16.3. The fourth-order valence-corrected chi connectivity index (χ4v) is 3.11. The lowest BCUT2D eigenvalue weighted by Gasteiger charge is -2.03. The van der Waals surface area contributed by atoms with Gasteiger partial charge in [0.05, 0.1) is 11.4 Å². The molecule has 5 heteroatoms. The predicted molar refractivity (Wildman–Crippen MR) is 85.5 cm³/mol. The van der Waals surface area contributed by atoms with Gasteiger partial charge in [0.2, 0.25) is 5.91 Å². The number of hydrogen-bond donors (Lipinski definition) is 1. The van der Waals surface area contributed by atoms with Gasteiger partial charge in [-0.3, -0.25) is 4.79 Å². The summed E-state index contributed by atoms with van der Waals surface area (Å²) in [5.41, 5.74) is 2.22. The van der Waals surface area contributed by atoms with Gasteiger partial charge in [-0.1, -0.05) is 18.2 Å². The van der Waals surface area contributed by atoms with Crippen molar-refractivity contribution in [3.05, 3.63) is 52.6 Å². The average molecular weight is 299 g/mol. The van der Waals surface area contributed by atoms with Gasteiger partial charge in [0.15, 0.2) is 0 Å². The van der Waals surface area contributed by atoms with Crippen molar-refractivity contribution in [1.29, 1.82) is 0 Å². The lowest BCUT2D eigenvalue weighted by Crippen LogP contribution is -2.27. The molecular formula is C16H17N3OS. The summed E-state index contributed by atoms with van der Waals surface area (Å²) in [7, 11) is 2.01. The summed E-state index contributed by atoms with van der Waals surface area (Å²) in [6.45, 7) is 0.636. The first kappa shape index (κ1) is 13.8. The molecule has 4 nitrogen and oxygen atoms in total. The van der Waals surface area contributed by atoms with Crippen molar-refractivity contribution in [2.24, 2.45) is 7.05 Å². The van der Waals surface area contributed by atoms with E-state index >= 15 is 0 Å². The molecule has 0 fully saturated rings. The van der Waals surface area contributed by atoms with Gasteiger partial charge in [0, 0.05) is 48.7 Å². The number of aryl methyl sites for hydroxylation is 1. The minimum absolute atomic E-state index is 0.0582. The topological polar surface area (TPSA) is 46.9 Å². The number of para-hydroxylation sites is 1. The van der Waals surface area contributed by atoms with Crippen LogP contribution in [0.25, 0.3) is 10.9 Å². The summed E-state index contributed by atoms with van der Waals surface area (Å²) in [5, 5.41) is 7.12. The standard InChI is InChI=1S/C16H17N3OS/c1-19-11-12(13-4-2-3-5-14(13)19)10-15(20)17-7-6-16-18-8-9-21-16/h2-5,8-9,11H,6-7,10H2,1H3,(H,17,20). The molecular weight excluding hydrogens is 282 g/mol. The Morgan fingerprint density at radius 1 is 1.38 bits per heavy atom. The van der Waals surface area contributed by atoms with Crippen LogP contribution in [0.5, 0.6) is 0 Å². The maximum atomic E-state index is 12.1. The molecule has 108 valence electrons. The van der Waals surface area contributed by atoms with E-state index in [4.69, 9.17) is 0 Å². The third kappa shape index (κ3) is 3.13. The van der Waals surface area contributed by atoms with Gasteiger partial charge in [0.1, 0.15) is 0 Å². The number of amides is 1. The molecule has 2 heterocycles. The van der Waals surface area contributed by atoms with E-state index in [1.807, 2.05) is 30.8 Å². The van der Waals surface area contributed by atoms with Crippen molar-refractivity contribution in [1.82, 2.24) is 14.9 Å². The quantitative estimate of drug-likeness (QED) is 0.787.